The molecule has 1 aromatic heterocycles. The van der Waals surface area contributed by atoms with Crippen molar-refractivity contribution in [3.63, 3.8) is 0 Å². The van der Waals surface area contributed by atoms with E-state index < -0.39 is 5.82 Å². The Morgan fingerprint density at radius 3 is 2.74 bits per heavy atom. The van der Waals surface area contributed by atoms with Gasteiger partial charge in [-0.1, -0.05) is 0 Å². The molecule has 0 fully saturated rings. The monoisotopic (exact) mass is 322 g/mol. The van der Waals surface area contributed by atoms with E-state index in [9.17, 15) is 4.39 Å². The highest BCUT2D eigenvalue weighted by Gasteiger charge is 2.10. The van der Waals surface area contributed by atoms with Crippen molar-refractivity contribution in [3.05, 3.63) is 40.4 Å². The molecule has 0 bridgehead atoms. The first-order chi connectivity index (χ1) is 9.15. The first-order valence-electron chi connectivity index (χ1n) is 5.09. The topological polar surface area (TPSA) is 99.6 Å². The maximum atomic E-state index is 13.0. The van der Waals surface area contributed by atoms with Crippen LogP contribution in [0.1, 0.15) is 5.56 Å². The van der Waals surface area contributed by atoms with Gasteiger partial charge in [-0.3, -0.25) is 0 Å². The van der Waals surface area contributed by atoms with Crippen LogP contribution in [0.25, 0.3) is 0 Å². The number of hydrogen-bond acceptors (Lipinski definition) is 6. The molecule has 96 valence electrons. The van der Waals surface area contributed by atoms with Gasteiger partial charge in [0.2, 0.25) is 0 Å². The van der Waals surface area contributed by atoms with Crippen molar-refractivity contribution < 1.29 is 4.39 Å². The number of hydrazine groups is 1. The average molecular weight is 323 g/mol. The van der Waals surface area contributed by atoms with Crippen molar-refractivity contribution in [3.8, 4) is 6.07 Å². The quantitative estimate of drug-likeness (QED) is 0.592. The predicted octanol–water partition coefficient (Wildman–Crippen LogP) is 2.28. The fourth-order valence-electron chi connectivity index (χ4n) is 1.40. The van der Waals surface area contributed by atoms with Crippen molar-refractivity contribution in [1.82, 2.24) is 9.97 Å². The fraction of sp³-hybridized carbons (Fsp3) is 0. The van der Waals surface area contributed by atoms with Gasteiger partial charge in [-0.05, 0) is 34.1 Å². The van der Waals surface area contributed by atoms with Crippen molar-refractivity contribution >= 4 is 33.3 Å². The van der Waals surface area contributed by atoms with E-state index in [1.807, 2.05) is 6.07 Å². The second-order valence-corrected chi connectivity index (χ2v) is 4.25. The van der Waals surface area contributed by atoms with Crippen LogP contribution in [0, 0.1) is 17.1 Å². The summed E-state index contributed by atoms with van der Waals surface area (Å²) in [5, 5.41) is 11.9. The largest absolute Gasteiger partial charge is 0.338 e. The summed E-state index contributed by atoms with van der Waals surface area (Å²) in [6.07, 6.45) is 1.30. The molecule has 0 unspecified atom stereocenters. The van der Waals surface area contributed by atoms with Crippen molar-refractivity contribution in [2.45, 2.75) is 0 Å². The highest BCUT2D eigenvalue weighted by Crippen LogP contribution is 2.29. The minimum absolute atomic E-state index is 0.174. The van der Waals surface area contributed by atoms with E-state index in [1.165, 1.54) is 18.5 Å². The number of nitrogens with zero attached hydrogens (tertiary/aromatic N) is 3. The van der Waals surface area contributed by atoms with Crippen molar-refractivity contribution in [2.24, 2.45) is 5.84 Å². The van der Waals surface area contributed by atoms with Gasteiger partial charge < -0.3 is 10.7 Å². The van der Waals surface area contributed by atoms with Gasteiger partial charge in [0.05, 0.1) is 11.3 Å². The third-order valence-electron chi connectivity index (χ3n) is 2.28. The predicted molar refractivity (Wildman–Crippen MR) is 71.9 cm³/mol. The van der Waals surface area contributed by atoms with E-state index in [4.69, 9.17) is 11.1 Å². The maximum absolute atomic E-state index is 13.0. The second kappa shape index (κ2) is 5.60. The summed E-state index contributed by atoms with van der Waals surface area (Å²) >= 11 is 3.27. The molecule has 0 aliphatic carbocycles. The molecule has 1 aromatic carbocycles. The standard InChI is InChI=1S/C11H8BrFN6/c12-9-10(16-5-17-11(9)19-15)18-8-2-1-7(13)3-6(8)4-14/h1-3,5H,15H2,(H2,16,17,18,19). The molecule has 0 spiro atoms. The van der Waals surface area contributed by atoms with E-state index in [1.54, 1.807) is 0 Å². The highest BCUT2D eigenvalue weighted by atomic mass is 79.9. The first-order valence-corrected chi connectivity index (χ1v) is 5.88. The number of anilines is 3. The Balaban J connectivity index is 2.40. The number of aromatic nitrogens is 2. The molecule has 2 aromatic rings. The summed E-state index contributed by atoms with van der Waals surface area (Å²) in [6, 6.07) is 5.75. The summed E-state index contributed by atoms with van der Waals surface area (Å²) in [4.78, 5) is 7.91. The third kappa shape index (κ3) is 2.78. The molecule has 0 atom stereocenters. The number of benzene rings is 1. The fourth-order valence-corrected chi connectivity index (χ4v) is 1.82. The molecule has 4 N–H and O–H groups in total. The van der Waals surface area contributed by atoms with Crippen molar-refractivity contribution in [1.29, 1.82) is 5.26 Å². The zero-order valence-electron chi connectivity index (χ0n) is 9.48. The third-order valence-corrected chi connectivity index (χ3v) is 3.03. The lowest BCUT2D eigenvalue weighted by molar-refractivity contribution is 0.627. The molecule has 1 heterocycles. The first kappa shape index (κ1) is 13.2. The number of nitriles is 1. The molecule has 0 saturated carbocycles. The number of hydrogen-bond donors (Lipinski definition) is 3. The van der Waals surface area contributed by atoms with Gasteiger partial charge in [-0.25, -0.2) is 20.2 Å². The molecule has 0 aliphatic heterocycles. The Bertz CT molecular complexity index is 654. The van der Waals surface area contributed by atoms with Crippen LogP contribution in [0.4, 0.5) is 21.7 Å². The Kier molecular flexibility index (Phi) is 3.89. The molecule has 0 radical (unpaired) electrons. The highest BCUT2D eigenvalue weighted by molar-refractivity contribution is 9.10. The van der Waals surface area contributed by atoms with Crippen molar-refractivity contribution in [2.75, 3.05) is 10.7 Å². The van der Waals surface area contributed by atoms with Crippen LogP contribution >= 0.6 is 15.9 Å². The molecule has 8 heteroatoms. The minimum atomic E-state index is -0.479. The summed E-state index contributed by atoms with van der Waals surface area (Å²) in [5.74, 6) is 5.61. The van der Waals surface area contributed by atoms with Gasteiger partial charge in [-0.15, -0.1) is 0 Å². The van der Waals surface area contributed by atoms with Crippen LogP contribution in [-0.2, 0) is 0 Å². The molecule has 19 heavy (non-hydrogen) atoms. The van der Waals surface area contributed by atoms with Crippen LogP contribution < -0.4 is 16.6 Å². The molecule has 0 aliphatic rings. The smallest absolute Gasteiger partial charge is 0.159 e. The minimum Gasteiger partial charge on any atom is -0.338 e. The van der Waals surface area contributed by atoms with Gasteiger partial charge >= 0.3 is 0 Å². The van der Waals surface area contributed by atoms with Gasteiger partial charge in [0, 0.05) is 0 Å². The number of rotatable bonds is 3. The zero-order chi connectivity index (χ0) is 13.8. The van der Waals surface area contributed by atoms with Crippen LogP contribution in [0.15, 0.2) is 29.0 Å². The lowest BCUT2D eigenvalue weighted by Gasteiger charge is -2.10. The summed E-state index contributed by atoms with van der Waals surface area (Å²) in [6.45, 7) is 0. The van der Waals surface area contributed by atoms with Crippen LogP contribution in [0.5, 0.6) is 0 Å². The SMILES string of the molecule is N#Cc1cc(F)ccc1Nc1ncnc(NN)c1Br. The normalized spacial score (nSPS) is 9.79. The van der Waals surface area contributed by atoms with Crippen LogP contribution in [0.3, 0.4) is 0 Å². The van der Waals surface area contributed by atoms with Gasteiger partial charge in [0.1, 0.15) is 28.5 Å². The van der Waals surface area contributed by atoms with Gasteiger partial charge in [0.15, 0.2) is 5.82 Å². The Morgan fingerprint density at radius 1 is 1.32 bits per heavy atom. The number of nitrogen functional groups attached to an aromatic ring is 1. The Hall–Kier alpha value is -2.24. The molecule has 6 nitrogen and oxygen atoms in total. The van der Waals surface area contributed by atoms with E-state index >= 15 is 0 Å². The van der Waals surface area contributed by atoms with E-state index in [-0.39, 0.29) is 5.56 Å². The number of halogens is 2. The number of nitrogens with two attached hydrogens (primary N) is 1. The molecular weight excluding hydrogens is 315 g/mol. The zero-order valence-corrected chi connectivity index (χ0v) is 11.1. The van der Waals surface area contributed by atoms with E-state index in [2.05, 4.69) is 36.6 Å². The second-order valence-electron chi connectivity index (χ2n) is 3.46. The van der Waals surface area contributed by atoms with Gasteiger partial charge in [-0.2, -0.15) is 5.26 Å². The summed E-state index contributed by atoms with van der Waals surface area (Å²) < 4.78 is 13.5. The van der Waals surface area contributed by atoms with Crippen LogP contribution in [-0.4, -0.2) is 9.97 Å². The lowest BCUT2D eigenvalue weighted by Crippen LogP contribution is -2.10. The summed E-state index contributed by atoms with van der Waals surface area (Å²) in [5.41, 5.74) is 3.01. The van der Waals surface area contributed by atoms with E-state index in [0.29, 0.717) is 21.8 Å². The lowest BCUT2D eigenvalue weighted by atomic mass is 10.2. The number of nitrogens with one attached hydrogen (secondary N) is 2. The average Bonchev–Trinajstić information content (AvgIpc) is 2.42. The molecule has 2 rings (SSSR count). The van der Waals surface area contributed by atoms with Gasteiger partial charge in [0.25, 0.3) is 0 Å². The Morgan fingerprint density at radius 2 is 2.05 bits per heavy atom. The molecule has 0 saturated heterocycles. The van der Waals surface area contributed by atoms with Crippen LogP contribution in [0.2, 0.25) is 0 Å². The Labute approximate surface area is 116 Å². The summed E-state index contributed by atoms with van der Waals surface area (Å²) in [7, 11) is 0. The maximum Gasteiger partial charge on any atom is 0.159 e. The molecule has 0 amide bonds. The molecular formula is C11H8BrFN6. The van der Waals surface area contributed by atoms with E-state index in [0.717, 1.165) is 6.07 Å².